The lowest BCUT2D eigenvalue weighted by atomic mass is 10.1. The molecule has 0 saturated carbocycles. The summed E-state index contributed by atoms with van der Waals surface area (Å²) in [7, 11) is -3.53. The van der Waals surface area contributed by atoms with Gasteiger partial charge >= 0.3 is 0 Å². The van der Waals surface area contributed by atoms with Crippen LogP contribution in [0.1, 0.15) is 37.9 Å². The third kappa shape index (κ3) is 3.86. The van der Waals surface area contributed by atoms with Crippen molar-refractivity contribution >= 4 is 9.84 Å². The second-order valence-electron chi connectivity index (χ2n) is 7.42. The lowest BCUT2D eigenvalue weighted by Crippen LogP contribution is -2.34. The van der Waals surface area contributed by atoms with E-state index in [4.69, 9.17) is 9.47 Å². The monoisotopic (exact) mass is 402 g/mol. The van der Waals surface area contributed by atoms with Crippen LogP contribution in [0.25, 0.3) is 0 Å². The molecular weight excluding hydrogens is 376 g/mol. The van der Waals surface area contributed by atoms with Crippen LogP contribution in [-0.4, -0.2) is 49.8 Å². The zero-order valence-corrected chi connectivity index (χ0v) is 16.9. The van der Waals surface area contributed by atoms with Crippen molar-refractivity contribution < 1.29 is 17.9 Å². The number of benzene rings is 1. The maximum atomic E-state index is 12.8. The lowest BCUT2D eigenvalue weighted by molar-refractivity contribution is 0.186. The lowest BCUT2D eigenvalue weighted by Gasteiger charge is -2.30. The molecule has 0 amide bonds. The first-order chi connectivity index (χ1) is 13.6. The molecule has 0 unspecified atom stereocenters. The minimum absolute atomic E-state index is 0.0247. The summed E-state index contributed by atoms with van der Waals surface area (Å²) in [6, 6.07) is 10.9. The number of hydrogen-bond acceptors (Lipinski definition) is 6. The van der Waals surface area contributed by atoms with Crippen molar-refractivity contribution in [2.75, 3.05) is 26.2 Å². The van der Waals surface area contributed by atoms with E-state index < -0.39 is 21.2 Å². The normalized spacial score (nSPS) is 23.8. The summed E-state index contributed by atoms with van der Waals surface area (Å²) in [5.41, 5.74) is 0.815. The van der Waals surface area contributed by atoms with Gasteiger partial charge in [0.05, 0.1) is 6.61 Å². The highest BCUT2D eigenvalue weighted by Crippen LogP contribution is 2.39. The predicted molar refractivity (Wildman–Crippen MR) is 106 cm³/mol. The summed E-state index contributed by atoms with van der Waals surface area (Å²) in [5.74, 6) is 1.10. The highest BCUT2D eigenvalue weighted by Gasteiger charge is 2.41. The number of fused-ring (bicyclic) bond motifs is 1. The van der Waals surface area contributed by atoms with Gasteiger partial charge in [0, 0.05) is 12.7 Å². The first kappa shape index (κ1) is 19.2. The van der Waals surface area contributed by atoms with Crippen LogP contribution in [-0.2, 0) is 9.84 Å². The van der Waals surface area contributed by atoms with Crippen LogP contribution in [0, 0.1) is 0 Å². The van der Waals surface area contributed by atoms with Crippen LogP contribution in [0.3, 0.4) is 0 Å². The molecule has 0 spiro atoms. The van der Waals surface area contributed by atoms with Crippen LogP contribution in [0.5, 0.6) is 11.5 Å². The van der Waals surface area contributed by atoms with Gasteiger partial charge in [-0.25, -0.2) is 13.4 Å². The number of sulfone groups is 1. The Bertz CT molecular complexity index is 908. The molecule has 1 fully saturated rings. The van der Waals surface area contributed by atoms with E-state index in [0.717, 1.165) is 24.3 Å². The number of likely N-dealkylation sites (tertiary alicyclic amines) is 1. The van der Waals surface area contributed by atoms with Gasteiger partial charge < -0.3 is 14.4 Å². The molecule has 4 rings (SSSR count). The van der Waals surface area contributed by atoms with E-state index in [1.165, 1.54) is 32.1 Å². The van der Waals surface area contributed by atoms with Crippen molar-refractivity contribution in [3.8, 4) is 11.5 Å². The van der Waals surface area contributed by atoms with Gasteiger partial charge in [-0.3, -0.25) is 0 Å². The van der Waals surface area contributed by atoms with Crippen molar-refractivity contribution in [2.24, 2.45) is 0 Å². The van der Waals surface area contributed by atoms with E-state index in [9.17, 15) is 8.42 Å². The van der Waals surface area contributed by atoms with Gasteiger partial charge in [0.1, 0.15) is 17.1 Å². The van der Waals surface area contributed by atoms with E-state index in [0.29, 0.717) is 12.4 Å². The second-order valence-corrected chi connectivity index (χ2v) is 9.64. The summed E-state index contributed by atoms with van der Waals surface area (Å²) < 4.78 is 37.3. The van der Waals surface area contributed by atoms with Crippen molar-refractivity contribution in [2.45, 2.75) is 42.6 Å². The van der Waals surface area contributed by atoms with Crippen molar-refractivity contribution in [1.29, 1.82) is 0 Å². The number of hydrogen-bond donors (Lipinski definition) is 0. The first-order valence-corrected chi connectivity index (χ1v) is 11.4. The zero-order chi connectivity index (χ0) is 19.6. The van der Waals surface area contributed by atoms with E-state index >= 15 is 0 Å². The number of aromatic nitrogens is 1. The Morgan fingerprint density at radius 1 is 1.18 bits per heavy atom. The van der Waals surface area contributed by atoms with E-state index in [-0.39, 0.29) is 5.03 Å². The Kier molecular flexibility index (Phi) is 5.55. The Morgan fingerprint density at radius 2 is 1.93 bits per heavy atom. The van der Waals surface area contributed by atoms with Gasteiger partial charge in [-0.15, -0.1) is 0 Å². The number of pyridine rings is 1. The van der Waals surface area contributed by atoms with Gasteiger partial charge in [-0.1, -0.05) is 12.1 Å². The highest BCUT2D eigenvalue weighted by atomic mass is 32.2. The first-order valence-electron chi connectivity index (χ1n) is 9.86. The summed E-state index contributed by atoms with van der Waals surface area (Å²) in [6.45, 7) is 5.84. The molecule has 1 aromatic heterocycles. The van der Waals surface area contributed by atoms with Crippen LogP contribution in [0.4, 0.5) is 0 Å². The zero-order valence-electron chi connectivity index (χ0n) is 16.1. The third-order valence-corrected chi connectivity index (χ3v) is 7.54. The fourth-order valence-corrected chi connectivity index (χ4v) is 5.32. The molecule has 7 heteroatoms. The molecule has 6 nitrogen and oxygen atoms in total. The standard InChI is InChI=1S/C21H26N2O4S/c1-16-20(27-19-6-4-11-22-21(19)28(16,24)25)17-7-9-18(10-8-17)26-15-5-14-23-12-2-3-13-23/h4,6-11,16,20H,2-3,5,12-15H2,1H3/t16-,20+/m0/s1. The quantitative estimate of drug-likeness (QED) is 0.691. The Balaban J connectivity index is 1.39. The molecular formula is C21H26N2O4S. The van der Waals surface area contributed by atoms with Gasteiger partial charge in [-0.05, 0) is 69.1 Å². The second kappa shape index (κ2) is 8.09. The maximum Gasteiger partial charge on any atom is 0.205 e. The molecule has 28 heavy (non-hydrogen) atoms. The third-order valence-electron chi connectivity index (χ3n) is 5.47. The summed E-state index contributed by atoms with van der Waals surface area (Å²) in [4.78, 5) is 6.47. The average Bonchev–Trinajstić information content (AvgIpc) is 3.22. The van der Waals surface area contributed by atoms with Gasteiger partial charge in [0.2, 0.25) is 9.84 Å². The van der Waals surface area contributed by atoms with Crippen LogP contribution in [0.2, 0.25) is 0 Å². The maximum absolute atomic E-state index is 12.8. The molecule has 0 N–H and O–H groups in total. The molecule has 150 valence electrons. The minimum atomic E-state index is -3.53. The summed E-state index contributed by atoms with van der Waals surface area (Å²) in [5, 5.41) is -0.682. The van der Waals surface area contributed by atoms with Crippen molar-refractivity contribution in [1.82, 2.24) is 9.88 Å². The Morgan fingerprint density at radius 3 is 2.68 bits per heavy atom. The molecule has 2 atom stereocenters. The molecule has 1 aromatic carbocycles. The SMILES string of the molecule is C[C@H]1[C@H](c2ccc(OCCCN3CCCC3)cc2)Oc2cccnc2S1(=O)=O. The molecule has 3 heterocycles. The van der Waals surface area contributed by atoms with E-state index in [2.05, 4.69) is 9.88 Å². The van der Waals surface area contributed by atoms with Crippen molar-refractivity contribution in [3.63, 3.8) is 0 Å². The van der Waals surface area contributed by atoms with Crippen LogP contribution >= 0.6 is 0 Å². The Hall–Kier alpha value is -2.12. The summed E-state index contributed by atoms with van der Waals surface area (Å²) in [6.07, 6.45) is 4.53. The minimum Gasteiger partial charge on any atom is -0.494 e. The summed E-state index contributed by atoms with van der Waals surface area (Å²) >= 11 is 0. The topological polar surface area (TPSA) is 68.7 Å². The molecule has 2 aromatic rings. The van der Waals surface area contributed by atoms with Crippen LogP contribution < -0.4 is 9.47 Å². The number of nitrogens with zero attached hydrogens (tertiary/aromatic N) is 2. The largest absolute Gasteiger partial charge is 0.494 e. The molecule has 0 radical (unpaired) electrons. The smallest absolute Gasteiger partial charge is 0.205 e. The molecule has 1 saturated heterocycles. The number of rotatable bonds is 6. The number of ether oxygens (including phenoxy) is 2. The average molecular weight is 403 g/mol. The Labute approximate surface area is 166 Å². The molecule has 0 aliphatic carbocycles. The van der Waals surface area contributed by atoms with Gasteiger partial charge in [-0.2, -0.15) is 0 Å². The van der Waals surface area contributed by atoms with E-state index in [1.54, 1.807) is 19.1 Å². The molecule has 2 aliphatic heterocycles. The predicted octanol–water partition coefficient (Wildman–Crippen LogP) is 3.24. The van der Waals surface area contributed by atoms with E-state index in [1.807, 2.05) is 24.3 Å². The molecule has 2 aliphatic rings. The highest BCUT2D eigenvalue weighted by molar-refractivity contribution is 7.92. The van der Waals surface area contributed by atoms with Gasteiger partial charge in [0.25, 0.3) is 0 Å². The molecule has 0 bridgehead atoms. The van der Waals surface area contributed by atoms with Gasteiger partial charge in [0.15, 0.2) is 10.8 Å². The van der Waals surface area contributed by atoms with Crippen LogP contribution in [0.15, 0.2) is 47.6 Å². The van der Waals surface area contributed by atoms with Crippen molar-refractivity contribution in [3.05, 3.63) is 48.2 Å². The fourth-order valence-electron chi connectivity index (χ4n) is 3.83. The fraction of sp³-hybridized carbons (Fsp3) is 0.476.